The van der Waals surface area contributed by atoms with Gasteiger partial charge in [-0.25, -0.2) is 9.69 Å². The number of rotatable bonds is 3. The first-order chi connectivity index (χ1) is 19.0. The Morgan fingerprint density at radius 1 is 0.975 bits per heavy atom. The molecule has 1 saturated heterocycles. The van der Waals surface area contributed by atoms with Crippen molar-refractivity contribution in [2.75, 3.05) is 4.90 Å². The van der Waals surface area contributed by atoms with Crippen LogP contribution < -0.4 is 4.90 Å². The van der Waals surface area contributed by atoms with Crippen LogP contribution in [-0.2, 0) is 19.2 Å². The Balaban J connectivity index is 1.48. The average molecular weight is 604 g/mol. The fourth-order valence-electron chi connectivity index (χ4n) is 6.59. The maximum atomic E-state index is 13.9. The lowest BCUT2D eigenvalue weighted by atomic mass is 9.59. The lowest BCUT2D eigenvalue weighted by Gasteiger charge is -2.42. The quantitative estimate of drug-likeness (QED) is 0.268. The summed E-state index contributed by atoms with van der Waals surface area (Å²) in [6.45, 7) is 1.56. The van der Waals surface area contributed by atoms with Gasteiger partial charge in [0, 0.05) is 38.7 Å². The number of aromatic hydroxyl groups is 2. The number of carboxylic acids is 1. The van der Waals surface area contributed by atoms with Gasteiger partial charge in [0.05, 0.1) is 17.5 Å². The second kappa shape index (κ2) is 9.12. The maximum Gasteiger partial charge on any atom is 0.339 e. The van der Waals surface area contributed by atoms with Crippen molar-refractivity contribution in [1.29, 1.82) is 0 Å². The molecule has 3 N–H and O–H groups in total. The summed E-state index contributed by atoms with van der Waals surface area (Å²) in [5, 5.41) is 30.3. The third-order valence-corrected chi connectivity index (χ3v) is 8.83. The molecule has 1 aliphatic heterocycles. The van der Waals surface area contributed by atoms with Crippen LogP contribution in [0.2, 0.25) is 0 Å². The molecule has 4 aliphatic rings. The molecule has 3 aliphatic carbocycles. The van der Waals surface area contributed by atoms with Gasteiger partial charge >= 0.3 is 5.97 Å². The molecule has 6 rings (SSSR count). The van der Waals surface area contributed by atoms with Crippen molar-refractivity contribution >= 4 is 51.0 Å². The van der Waals surface area contributed by atoms with Crippen LogP contribution in [0.5, 0.6) is 11.5 Å². The molecule has 2 aromatic carbocycles. The van der Waals surface area contributed by atoms with Crippen molar-refractivity contribution in [2.45, 2.75) is 25.7 Å². The zero-order valence-corrected chi connectivity index (χ0v) is 22.6. The van der Waals surface area contributed by atoms with Crippen molar-refractivity contribution in [3.63, 3.8) is 0 Å². The number of anilines is 1. The molecule has 40 heavy (non-hydrogen) atoms. The number of benzene rings is 2. The molecule has 2 aromatic rings. The van der Waals surface area contributed by atoms with Gasteiger partial charge in [-0.1, -0.05) is 27.6 Å². The molecule has 0 bridgehead atoms. The van der Waals surface area contributed by atoms with E-state index < -0.39 is 47.2 Å². The molecular formula is C30H22BrNO8. The number of carboxylic acid groups (broad SMARTS) is 1. The van der Waals surface area contributed by atoms with E-state index in [9.17, 15) is 39.3 Å². The van der Waals surface area contributed by atoms with E-state index in [1.807, 2.05) is 6.08 Å². The molecule has 10 heteroatoms. The molecule has 1 fully saturated rings. The zero-order valence-electron chi connectivity index (χ0n) is 21.1. The SMILES string of the molecule is CC1=CC(=O)C2=C(C[C@@H]3C(=CC[C@@H]4C(=O)N(c5ccc(C(=O)O)c(O)c5)C(=O)[C@@H]43)[C@@H]2c2cc(Br)ccc2O)C1=O. The van der Waals surface area contributed by atoms with E-state index in [2.05, 4.69) is 15.9 Å². The molecule has 202 valence electrons. The van der Waals surface area contributed by atoms with E-state index in [-0.39, 0.29) is 58.1 Å². The van der Waals surface area contributed by atoms with Gasteiger partial charge in [0.25, 0.3) is 0 Å². The lowest BCUT2D eigenvalue weighted by molar-refractivity contribution is -0.123. The molecule has 0 radical (unpaired) electrons. The molecule has 4 atom stereocenters. The number of aromatic carboxylic acids is 1. The summed E-state index contributed by atoms with van der Waals surface area (Å²) in [7, 11) is 0. The number of ketones is 2. The van der Waals surface area contributed by atoms with Gasteiger partial charge in [-0.05, 0) is 62.1 Å². The summed E-state index contributed by atoms with van der Waals surface area (Å²) < 4.78 is 0.656. The van der Waals surface area contributed by atoms with Gasteiger partial charge in [-0.3, -0.25) is 19.2 Å². The minimum atomic E-state index is -1.35. The smallest absolute Gasteiger partial charge is 0.339 e. The normalized spacial score (nSPS) is 25.8. The number of hydrogen-bond acceptors (Lipinski definition) is 7. The number of fused-ring (bicyclic) bond motifs is 3. The molecule has 0 spiro atoms. The highest BCUT2D eigenvalue weighted by molar-refractivity contribution is 9.10. The molecule has 0 unspecified atom stereocenters. The average Bonchev–Trinajstić information content (AvgIpc) is 3.17. The number of allylic oxidation sites excluding steroid dienone is 6. The van der Waals surface area contributed by atoms with Gasteiger partial charge in [-0.15, -0.1) is 0 Å². The maximum absolute atomic E-state index is 13.9. The fraction of sp³-hybridized carbons (Fsp3) is 0.233. The highest BCUT2D eigenvalue weighted by atomic mass is 79.9. The molecular weight excluding hydrogens is 582 g/mol. The number of phenols is 2. The summed E-state index contributed by atoms with van der Waals surface area (Å²) in [6, 6.07) is 8.33. The summed E-state index contributed by atoms with van der Waals surface area (Å²) in [5.41, 5.74) is 1.62. The van der Waals surface area contributed by atoms with Crippen LogP contribution in [-0.4, -0.2) is 44.7 Å². The minimum absolute atomic E-state index is 0.0491. The topological polar surface area (TPSA) is 149 Å². The van der Waals surface area contributed by atoms with Crippen molar-refractivity contribution in [3.8, 4) is 11.5 Å². The van der Waals surface area contributed by atoms with Crippen LogP contribution in [0.15, 0.2) is 75.3 Å². The van der Waals surface area contributed by atoms with E-state index >= 15 is 0 Å². The molecule has 0 aromatic heterocycles. The van der Waals surface area contributed by atoms with Crippen LogP contribution in [0, 0.1) is 17.8 Å². The number of Topliss-reactive ketones (excluding diaryl/α,β-unsaturated/α-hetero) is 1. The lowest BCUT2D eigenvalue weighted by Crippen LogP contribution is -2.39. The predicted molar refractivity (Wildman–Crippen MR) is 145 cm³/mol. The van der Waals surface area contributed by atoms with Crippen molar-refractivity contribution in [1.82, 2.24) is 0 Å². The summed E-state index contributed by atoms with van der Waals surface area (Å²) in [5.74, 6) is -6.64. The zero-order chi connectivity index (χ0) is 28.6. The Morgan fingerprint density at radius 2 is 1.73 bits per heavy atom. The first-order valence-electron chi connectivity index (χ1n) is 12.6. The fourth-order valence-corrected chi connectivity index (χ4v) is 6.97. The Bertz CT molecular complexity index is 1680. The van der Waals surface area contributed by atoms with Crippen molar-refractivity contribution in [2.24, 2.45) is 17.8 Å². The van der Waals surface area contributed by atoms with Crippen LogP contribution in [0.4, 0.5) is 5.69 Å². The Hall–Kier alpha value is -4.31. The number of phenolic OH excluding ortho intramolecular Hbond substituents is 1. The number of hydrogen-bond donors (Lipinski definition) is 3. The highest BCUT2D eigenvalue weighted by Crippen LogP contribution is 2.56. The molecule has 2 amide bonds. The second-order valence-corrected chi connectivity index (χ2v) is 11.4. The van der Waals surface area contributed by atoms with E-state index in [4.69, 9.17) is 0 Å². The van der Waals surface area contributed by atoms with Crippen LogP contribution in [0.3, 0.4) is 0 Å². The van der Waals surface area contributed by atoms with E-state index in [1.54, 1.807) is 19.1 Å². The number of imide groups is 1. The van der Waals surface area contributed by atoms with Crippen LogP contribution in [0.25, 0.3) is 0 Å². The summed E-state index contributed by atoms with van der Waals surface area (Å²) in [6.07, 6.45) is 3.42. The number of carbonyl (C=O) groups is 5. The Labute approximate surface area is 236 Å². The number of carbonyl (C=O) groups excluding carboxylic acids is 4. The first kappa shape index (κ1) is 25.9. The Kier molecular flexibility index (Phi) is 5.92. The van der Waals surface area contributed by atoms with Gasteiger partial charge in [0.15, 0.2) is 11.6 Å². The van der Waals surface area contributed by atoms with E-state index in [1.165, 1.54) is 18.2 Å². The summed E-state index contributed by atoms with van der Waals surface area (Å²) >= 11 is 3.42. The van der Waals surface area contributed by atoms with Gasteiger partial charge in [0.1, 0.15) is 17.1 Å². The standard InChI is InChI=1S/C30H22BrNO8/c1-12-8-23(35)26-20(27(12)36)11-18-15(24(26)19-9-13(31)2-7-21(19)33)5-6-17-25(18)29(38)32(28(17)37)14-3-4-16(30(39)40)22(34)10-14/h2-5,7-10,17-18,24-25,33-34H,6,11H2,1H3,(H,39,40)/t17-,18+,24+,25-/m0/s1. The largest absolute Gasteiger partial charge is 0.508 e. The monoisotopic (exact) mass is 603 g/mol. The van der Waals surface area contributed by atoms with Crippen LogP contribution in [0.1, 0.15) is 41.6 Å². The summed E-state index contributed by atoms with van der Waals surface area (Å²) in [4.78, 5) is 66.4. The predicted octanol–water partition coefficient (Wildman–Crippen LogP) is 4.19. The first-order valence-corrected chi connectivity index (χ1v) is 13.4. The van der Waals surface area contributed by atoms with Gasteiger partial charge in [-0.2, -0.15) is 0 Å². The Morgan fingerprint density at radius 3 is 2.42 bits per heavy atom. The third kappa shape index (κ3) is 3.70. The van der Waals surface area contributed by atoms with Gasteiger partial charge < -0.3 is 15.3 Å². The minimum Gasteiger partial charge on any atom is -0.508 e. The van der Waals surface area contributed by atoms with E-state index in [0.717, 1.165) is 17.0 Å². The van der Waals surface area contributed by atoms with Crippen LogP contribution >= 0.6 is 15.9 Å². The third-order valence-electron chi connectivity index (χ3n) is 8.33. The molecule has 0 saturated carbocycles. The number of nitrogens with zero attached hydrogens (tertiary/aromatic N) is 1. The molecule has 1 heterocycles. The number of amides is 2. The highest BCUT2D eigenvalue weighted by Gasteiger charge is 2.57. The van der Waals surface area contributed by atoms with Crippen molar-refractivity contribution < 1.29 is 39.3 Å². The molecule has 9 nitrogen and oxygen atoms in total. The second-order valence-electron chi connectivity index (χ2n) is 10.5. The number of halogens is 1. The van der Waals surface area contributed by atoms with E-state index in [0.29, 0.717) is 15.6 Å². The van der Waals surface area contributed by atoms with Gasteiger partial charge in [0.2, 0.25) is 11.8 Å². The van der Waals surface area contributed by atoms with Crippen molar-refractivity contribution in [3.05, 3.63) is 86.4 Å².